The highest BCUT2D eigenvalue weighted by Crippen LogP contribution is 2.31. The number of pyridine rings is 1. The molecule has 3 rings (SSSR count). The zero-order chi connectivity index (χ0) is 12.5. The molecule has 2 heterocycles. The van der Waals surface area contributed by atoms with Gasteiger partial charge in [0.05, 0.1) is 0 Å². The molecule has 1 aromatic carbocycles. The molecular weight excluding hydrogens is 228 g/mol. The Morgan fingerprint density at radius 2 is 2.06 bits per heavy atom. The third-order valence-corrected chi connectivity index (χ3v) is 2.91. The van der Waals surface area contributed by atoms with E-state index in [1.54, 1.807) is 24.4 Å². The minimum Gasteiger partial charge on any atom is -0.469 e. The molecule has 0 atom stereocenters. The second-order valence-corrected chi connectivity index (χ2v) is 4.21. The summed E-state index contributed by atoms with van der Waals surface area (Å²) in [4.78, 5) is 18.4. The van der Waals surface area contributed by atoms with Gasteiger partial charge in [0.2, 0.25) is 0 Å². The number of ketones is 1. The van der Waals surface area contributed by atoms with Crippen LogP contribution in [0.1, 0.15) is 15.9 Å². The van der Waals surface area contributed by atoms with Gasteiger partial charge in [-0.3, -0.25) is 4.79 Å². The van der Waals surface area contributed by atoms with Gasteiger partial charge < -0.3 is 9.64 Å². The smallest absolute Gasteiger partial charge is 0.194 e. The Labute approximate surface area is 105 Å². The van der Waals surface area contributed by atoms with Crippen molar-refractivity contribution in [3.63, 3.8) is 0 Å². The van der Waals surface area contributed by atoms with E-state index in [4.69, 9.17) is 4.74 Å². The number of aromatic nitrogens is 1. The predicted molar refractivity (Wildman–Crippen MR) is 68.0 cm³/mol. The van der Waals surface area contributed by atoms with Gasteiger partial charge in [-0.2, -0.15) is 0 Å². The molecule has 0 aliphatic carbocycles. The van der Waals surface area contributed by atoms with E-state index in [1.165, 1.54) is 0 Å². The van der Waals surface area contributed by atoms with E-state index >= 15 is 0 Å². The van der Waals surface area contributed by atoms with Crippen molar-refractivity contribution in [3.8, 4) is 5.75 Å². The number of benzene rings is 1. The summed E-state index contributed by atoms with van der Waals surface area (Å²) in [5, 5.41) is 0. The molecule has 0 saturated carbocycles. The molecule has 0 bridgehead atoms. The molecule has 0 spiro atoms. The monoisotopic (exact) mass is 240 g/mol. The molecule has 0 radical (unpaired) electrons. The molecule has 0 N–H and O–H groups in total. The number of carbonyl (C=O) groups excluding carboxylic acids is 1. The SMILES string of the molecule is CN1COc2cc(C(=O)c3ccccc3)cnc21. The van der Waals surface area contributed by atoms with E-state index in [0.717, 1.165) is 5.82 Å². The van der Waals surface area contributed by atoms with E-state index in [9.17, 15) is 4.79 Å². The number of hydrogen-bond acceptors (Lipinski definition) is 4. The van der Waals surface area contributed by atoms with Crippen LogP contribution in [0, 0.1) is 0 Å². The lowest BCUT2D eigenvalue weighted by molar-refractivity contribution is 0.103. The van der Waals surface area contributed by atoms with Crippen LogP contribution >= 0.6 is 0 Å². The van der Waals surface area contributed by atoms with Crippen molar-refractivity contribution in [2.45, 2.75) is 0 Å². The first-order valence-electron chi connectivity index (χ1n) is 5.69. The van der Waals surface area contributed by atoms with Gasteiger partial charge in [-0.25, -0.2) is 4.98 Å². The van der Waals surface area contributed by atoms with Gasteiger partial charge >= 0.3 is 0 Å². The average molecular weight is 240 g/mol. The molecule has 1 aromatic heterocycles. The Hall–Kier alpha value is -2.36. The highest BCUT2D eigenvalue weighted by molar-refractivity contribution is 6.09. The standard InChI is InChI=1S/C14H12N2O2/c1-16-9-18-12-7-11(8-15-14(12)16)13(17)10-5-3-2-4-6-10/h2-8H,9H2,1H3. The zero-order valence-corrected chi connectivity index (χ0v) is 9.96. The fourth-order valence-corrected chi connectivity index (χ4v) is 1.94. The Morgan fingerprint density at radius 3 is 2.83 bits per heavy atom. The Morgan fingerprint density at radius 1 is 1.28 bits per heavy atom. The highest BCUT2D eigenvalue weighted by atomic mass is 16.5. The topological polar surface area (TPSA) is 42.4 Å². The Bertz CT molecular complexity index is 596. The molecule has 90 valence electrons. The van der Waals surface area contributed by atoms with E-state index in [2.05, 4.69) is 4.98 Å². The van der Waals surface area contributed by atoms with Crippen molar-refractivity contribution in [3.05, 3.63) is 53.7 Å². The molecule has 0 amide bonds. The highest BCUT2D eigenvalue weighted by Gasteiger charge is 2.20. The van der Waals surface area contributed by atoms with E-state index in [-0.39, 0.29) is 5.78 Å². The number of nitrogens with zero attached hydrogens (tertiary/aromatic N) is 2. The van der Waals surface area contributed by atoms with Crippen LogP contribution in [-0.2, 0) is 0 Å². The maximum Gasteiger partial charge on any atom is 0.194 e. The van der Waals surface area contributed by atoms with Crippen LogP contribution in [0.2, 0.25) is 0 Å². The average Bonchev–Trinajstić information content (AvgIpc) is 2.80. The Balaban J connectivity index is 1.97. The molecule has 0 fully saturated rings. The summed E-state index contributed by atoms with van der Waals surface area (Å²) < 4.78 is 5.45. The fourth-order valence-electron chi connectivity index (χ4n) is 1.94. The third kappa shape index (κ3) is 1.72. The summed E-state index contributed by atoms with van der Waals surface area (Å²) in [6.07, 6.45) is 1.60. The van der Waals surface area contributed by atoms with Crippen LogP contribution in [0.3, 0.4) is 0 Å². The molecule has 4 nitrogen and oxygen atoms in total. The third-order valence-electron chi connectivity index (χ3n) is 2.91. The number of anilines is 1. The lowest BCUT2D eigenvalue weighted by Crippen LogP contribution is -2.15. The molecule has 2 aromatic rings. The summed E-state index contributed by atoms with van der Waals surface area (Å²) >= 11 is 0. The van der Waals surface area contributed by atoms with Gasteiger partial charge in [-0.05, 0) is 6.07 Å². The largest absolute Gasteiger partial charge is 0.469 e. The molecule has 4 heteroatoms. The van der Waals surface area contributed by atoms with Gasteiger partial charge in [-0.1, -0.05) is 30.3 Å². The van der Waals surface area contributed by atoms with Crippen LogP contribution in [-0.4, -0.2) is 24.5 Å². The summed E-state index contributed by atoms with van der Waals surface area (Å²) in [7, 11) is 1.90. The summed E-state index contributed by atoms with van der Waals surface area (Å²) in [5.74, 6) is 1.41. The van der Waals surface area contributed by atoms with Crippen molar-refractivity contribution in [2.24, 2.45) is 0 Å². The number of fused-ring (bicyclic) bond motifs is 1. The summed E-state index contributed by atoms with van der Waals surface area (Å²) in [5.41, 5.74) is 1.21. The second kappa shape index (κ2) is 4.14. The van der Waals surface area contributed by atoms with Crippen LogP contribution in [0.15, 0.2) is 42.6 Å². The first-order valence-corrected chi connectivity index (χ1v) is 5.69. The zero-order valence-electron chi connectivity index (χ0n) is 9.96. The molecule has 0 unspecified atom stereocenters. The fraction of sp³-hybridized carbons (Fsp3) is 0.143. The minimum atomic E-state index is -0.0379. The van der Waals surface area contributed by atoms with Crippen molar-refractivity contribution < 1.29 is 9.53 Å². The maximum absolute atomic E-state index is 12.2. The molecule has 0 saturated heterocycles. The van der Waals surface area contributed by atoms with Gasteiger partial charge in [0.15, 0.2) is 24.1 Å². The molecule has 1 aliphatic rings. The van der Waals surface area contributed by atoms with Crippen LogP contribution < -0.4 is 9.64 Å². The lowest BCUT2D eigenvalue weighted by Gasteiger charge is -2.06. The second-order valence-electron chi connectivity index (χ2n) is 4.21. The summed E-state index contributed by atoms with van der Waals surface area (Å²) in [6.45, 7) is 0.477. The number of hydrogen-bond donors (Lipinski definition) is 0. The van der Waals surface area contributed by atoms with Crippen molar-refractivity contribution in [1.82, 2.24) is 4.98 Å². The van der Waals surface area contributed by atoms with Crippen molar-refractivity contribution >= 4 is 11.6 Å². The molecule has 1 aliphatic heterocycles. The summed E-state index contributed by atoms with van der Waals surface area (Å²) in [6, 6.07) is 10.9. The van der Waals surface area contributed by atoms with Crippen molar-refractivity contribution in [1.29, 1.82) is 0 Å². The predicted octanol–water partition coefficient (Wildman–Crippen LogP) is 2.10. The van der Waals surface area contributed by atoms with E-state index in [1.807, 2.05) is 30.1 Å². The quantitative estimate of drug-likeness (QED) is 0.754. The van der Waals surface area contributed by atoms with E-state index in [0.29, 0.717) is 23.6 Å². The number of ether oxygens (including phenoxy) is 1. The van der Waals surface area contributed by atoms with Crippen molar-refractivity contribution in [2.75, 3.05) is 18.7 Å². The number of carbonyl (C=O) groups is 1. The van der Waals surface area contributed by atoms with Crippen LogP contribution in [0.4, 0.5) is 5.82 Å². The number of rotatable bonds is 2. The van der Waals surface area contributed by atoms with Gasteiger partial charge in [0.25, 0.3) is 0 Å². The molecule has 18 heavy (non-hydrogen) atoms. The lowest BCUT2D eigenvalue weighted by atomic mass is 10.1. The van der Waals surface area contributed by atoms with E-state index < -0.39 is 0 Å². The normalized spacial score (nSPS) is 13.1. The maximum atomic E-state index is 12.2. The Kier molecular flexibility index (Phi) is 2.48. The van der Waals surface area contributed by atoms with Gasteiger partial charge in [-0.15, -0.1) is 0 Å². The van der Waals surface area contributed by atoms with Gasteiger partial charge in [0.1, 0.15) is 0 Å². The minimum absolute atomic E-state index is 0.0379. The first-order chi connectivity index (χ1) is 8.75. The van der Waals surface area contributed by atoms with Crippen LogP contribution in [0.25, 0.3) is 0 Å². The molecular formula is C14H12N2O2. The first kappa shape index (κ1) is 10.8. The van der Waals surface area contributed by atoms with Gasteiger partial charge in [0, 0.05) is 24.4 Å². The van der Waals surface area contributed by atoms with Crippen LogP contribution in [0.5, 0.6) is 5.75 Å².